The molecular formula is C21H40NO5+. The average molecular weight is 387 g/mol. The monoisotopic (exact) mass is 386 g/mol. The first-order valence-electron chi connectivity index (χ1n) is 10.4. The first kappa shape index (κ1) is 25.5. The van der Waals surface area contributed by atoms with Crippen molar-refractivity contribution in [2.24, 2.45) is 0 Å². The molecule has 0 amide bonds. The number of aliphatic carboxylic acids is 1. The number of unbranched alkanes of at least 4 members (excludes halogenated alkanes) is 6. The second kappa shape index (κ2) is 15.5. The highest BCUT2D eigenvalue weighted by Crippen LogP contribution is 2.20. The maximum absolute atomic E-state index is 11.1. The lowest BCUT2D eigenvalue weighted by Gasteiger charge is -2.30. The molecular weight excluding hydrogens is 346 g/mol. The van der Waals surface area contributed by atoms with E-state index in [1.807, 2.05) is 0 Å². The molecule has 0 aliphatic heterocycles. The van der Waals surface area contributed by atoms with Gasteiger partial charge in [-0.1, -0.05) is 52.4 Å². The number of aliphatic hydroxyl groups excluding tert-OH is 3. The highest BCUT2D eigenvalue weighted by atomic mass is 16.4. The second-order valence-electron chi connectivity index (χ2n) is 7.28. The summed E-state index contributed by atoms with van der Waals surface area (Å²) in [5.41, 5.74) is 0. The molecule has 0 saturated carbocycles. The molecule has 0 aromatic heterocycles. The Morgan fingerprint density at radius 2 is 1.22 bits per heavy atom. The molecule has 4 N–H and O–H groups in total. The number of hydrogen-bond acceptors (Lipinski definition) is 4. The minimum absolute atomic E-state index is 0.0535. The topological polar surface area (TPSA) is 98.0 Å². The van der Waals surface area contributed by atoms with Crippen molar-refractivity contribution in [2.45, 2.75) is 84.5 Å². The van der Waals surface area contributed by atoms with Crippen molar-refractivity contribution in [2.75, 3.05) is 19.7 Å². The third-order valence-corrected chi connectivity index (χ3v) is 4.64. The van der Waals surface area contributed by atoms with Crippen molar-refractivity contribution in [3.63, 3.8) is 0 Å². The number of aliphatic hydroxyl groups is 3. The van der Waals surface area contributed by atoms with Gasteiger partial charge in [0.2, 0.25) is 0 Å². The van der Waals surface area contributed by atoms with Gasteiger partial charge in [0.25, 0.3) is 0 Å². The van der Waals surface area contributed by atoms with Gasteiger partial charge >= 0.3 is 5.97 Å². The molecule has 0 radical (unpaired) electrons. The van der Waals surface area contributed by atoms with E-state index >= 15 is 0 Å². The van der Waals surface area contributed by atoms with E-state index in [-0.39, 0.29) is 42.1 Å². The van der Waals surface area contributed by atoms with Gasteiger partial charge in [-0.2, -0.15) is 0 Å². The van der Waals surface area contributed by atoms with Gasteiger partial charge in [0, 0.05) is 12.8 Å². The number of nitrogens with zero attached hydrogens (tertiary/aromatic N) is 1. The zero-order valence-electron chi connectivity index (χ0n) is 17.2. The maximum Gasteiger partial charge on any atom is 0.309 e. The lowest BCUT2D eigenvalue weighted by Crippen LogP contribution is -2.42. The van der Waals surface area contributed by atoms with Crippen LogP contribution < -0.4 is 0 Å². The minimum Gasteiger partial charge on any atom is -0.507 e. The SMILES string of the molecule is CCCCCC/C(O)=C/[N+](/C=C(\O)CCCCCC)(CCO)CCC(=O)O. The Morgan fingerprint density at radius 1 is 0.741 bits per heavy atom. The first-order chi connectivity index (χ1) is 12.9. The number of quaternary nitrogens is 1. The van der Waals surface area contributed by atoms with Gasteiger partial charge in [0.1, 0.15) is 30.5 Å². The molecule has 0 aromatic rings. The van der Waals surface area contributed by atoms with Crippen LogP contribution in [0, 0.1) is 0 Å². The van der Waals surface area contributed by atoms with Crippen LogP contribution in [0.4, 0.5) is 0 Å². The summed E-state index contributed by atoms with van der Waals surface area (Å²) in [5.74, 6) is -0.581. The van der Waals surface area contributed by atoms with E-state index in [1.54, 1.807) is 12.4 Å². The fourth-order valence-electron chi connectivity index (χ4n) is 3.09. The third kappa shape index (κ3) is 13.3. The lowest BCUT2D eigenvalue weighted by molar-refractivity contribution is -0.830. The van der Waals surface area contributed by atoms with Crippen molar-refractivity contribution < 1.29 is 29.7 Å². The van der Waals surface area contributed by atoms with Crippen molar-refractivity contribution in [3.05, 3.63) is 23.9 Å². The minimum atomic E-state index is -0.942. The molecule has 0 atom stereocenters. The summed E-state index contributed by atoms with van der Waals surface area (Å²) in [6, 6.07) is 0. The van der Waals surface area contributed by atoms with Crippen molar-refractivity contribution >= 4 is 5.97 Å². The van der Waals surface area contributed by atoms with Crippen LogP contribution in [-0.2, 0) is 4.79 Å². The molecule has 0 spiro atoms. The molecule has 0 fully saturated rings. The van der Waals surface area contributed by atoms with Crippen molar-refractivity contribution in [1.82, 2.24) is 0 Å². The molecule has 0 saturated heterocycles. The van der Waals surface area contributed by atoms with E-state index in [9.17, 15) is 20.1 Å². The van der Waals surface area contributed by atoms with Crippen LogP contribution in [0.2, 0.25) is 0 Å². The summed E-state index contributed by atoms with van der Waals surface area (Å²) in [6.45, 7) is 4.47. The standard InChI is InChI=1S/C21H39NO5/c1-3-5-7-9-11-19(24)17-22(15-16-23,14-13-21(26)27)18-20(25)12-10-8-6-4-2/h17-18,23H,3-16H2,1-2H3,(H2-,24,25,26,27)/p+1/b19-17-,20-18-. The Balaban J connectivity index is 5.26. The quantitative estimate of drug-likeness (QED) is 0.160. The molecule has 0 rings (SSSR count). The molecule has 0 heterocycles. The average Bonchev–Trinajstić information content (AvgIpc) is 2.61. The van der Waals surface area contributed by atoms with Crippen LogP contribution in [0.3, 0.4) is 0 Å². The number of carboxylic acid groups (broad SMARTS) is 1. The van der Waals surface area contributed by atoms with E-state index in [1.165, 1.54) is 0 Å². The highest BCUT2D eigenvalue weighted by molar-refractivity contribution is 5.66. The summed E-state index contributed by atoms with van der Waals surface area (Å²) < 4.78 is -0.0535. The van der Waals surface area contributed by atoms with Crippen LogP contribution in [-0.4, -0.2) is 50.6 Å². The van der Waals surface area contributed by atoms with Crippen LogP contribution >= 0.6 is 0 Å². The van der Waals surface area contributed by atoms with Crippen LogP contribution in [0.25, 0.3) is 0 Å². The first-order valence-corrected chi connectivity index (χ1v) is 10.4. The van der Waals surface area contributed by atoms with Gasteiger partial charge in [-0.3, -0.25) is 9.28 Å². The summed E-state index contributed by atoms with van der Waals surface area (Å²) in [4.78, 5) is 11.1. The molecule has 6 heteroatoms. The van der Waals surface area contributed by atoms with Crippen LogP contribution in [0.5, 0.6) is 0 Å². The Hall–Kier alpha value is -1.53. The maximum atomic E-state index is 11.1. The third-order valence-electron chi connectivity index (χ3n) is 4.64. The molecule has 6 nitrogen and oxygen atoms in total. The predicted molar refractivity (Wildman–Crippen MR) is 108 cm³/mol. The molecule has 0 aromatic carbocycles. The van der Waals surface area contributed by atoms with E-state index < -0.39 is 5.97 Å². The summed E-state index contributed by atoms with van der Waals surface area (Å²) in [7, 11) is 0. The van der Waals surface area contributed by atoms with Crippen molar-refractivity contribution in [1.29, 1.82) is 0 Å². The molecule has 27 heavy (non-hydrogen) atoms. The number of allylic oxidation sites excluding steroid dienone is 2. The zero-order valence-corrected chi connectivity index (χ0v) is 17.2. The van der Waals surface area contributed by atoms with E-state index in [0.29, 0.717) is 12.8 Å². The molecule has 0 aliphatic rings. The Morgan fingerprint density at radius 3 is 1.59 bits per heavy atom. The molecule has 0 unspecified atom stereocenters. The zero-order chi connectivity index (χ0) is 20.5. The van der Waals surface area contributed by atoms with Gasteiger partial charge in [-0.15, -0.1) is 0 Å². The van der Waals surface area contributed by atoms with Crippen LogP contribution in [0.15, 0.2) is 23.9 Å². The van der Waals surface area contributed by atoms with Gasteiger partial charge in [0.05, 0.1) is 19.6 Å². The predicted octanol–water partition coefficient (Wildman–Crippen LogP) is 5.01. The van der Waals surface area contributed by atoms with E-state index in [0.717, 1.165) is 51.4 Å². The fraction of sp³-hybridized carbons (Fsp3) is 0.762. The Labute approximate surface area is 164 Å². The number of hydrogen-bond donors (Lipinski definition) is 4. The van der Waals surface area contributed by atoms with Crippen molar-refractivity contribution in [3.8, 4) is 0 Å². The van der Waals surface area contributed by atoms with E-state index in [4.69, 9.17) is 5.11 Å². The number of carbonyl (C=O) groups is 1. The van der Waals surface area contributed by atoms with Gasteiger partial charge in [-0.25, -0.2) is 0 Å². The molecule has 158 valence electrons. The fourth-order valence-corrected chi connectivity index (χ4v) is 3.09. The summed E-state index contributed by atoms with van der Waals surface area (Å²) in [5, 5.41) is 39.3. The lowest BCUT2D eigenvalue weighted by atomic mass is 10.1. The number of rotatable bonds is 17. The van der Waals surface area contributed by atoms with E-state index in [2.05, 4.69) is 13.8 Å². The van der Waals surface area contributed by atoms with Gasteiger partial charge in [0.15, 0.2) is 0 Å². The highest BCUT2D eigenvalue weighted by Gasteiger charge is 2.26. The summed E-state index contributed by atoms with van der Waals surface area (Å²) in [6.07, 6.45) is 12.3. The normalized spacial score (nSPS) is 14.9. The number of carboxylic acids is 1. The Kier molecular flexibility index (Phi) is 14.6. The van der Waals surface area contributed by atoms with Gasteiger partial charge < -0.3 is 20.4 Å². The van der Waals surface area contributed by atoms with Crippen LogP contribution in [0.1, 0.15) is 84.5 Å². The Bertz CT molecular complexity index is 431. The summed E-state index contributed by atoms with van der Waals surface area (Å²) >= 11 is 0. The van der Waals surface area contributed by atoms with Gasteiger partial charge in [-0.05, 0) is 12.8 Å². The molecule has 0 aliphatic carbocycles. The smallest absolute Gasteiger partial charge is 0.309 e. The molecule has 0 bridgehead atoms. The second-order valence-corrected chi connectivity index (χ2v) is 7.28. The largest absolute Gasteiger partial charge is 0.507 e.